The molecule has 6 nitrogen and oxygen atoms in total. The van der Waals surface area contributed by atoms with Gasteiger partial charge in [-0.3, -0.25) is 0 Å². The number of thioether (sulfide) groups is 1. The second kappa shape index (κ2) is 5.59. The SMILES string of the molecule is CC(C)Cc1nc(CSC(N)=NN)no1. The molecule has 84 valence electrons. The Kier molecular flexibility index (Phi) is 4.41. The van der Waals surface area contributed by atoms with Gasteiger partial charge in [0.05, 0.1) is 5.75 Å². The first kappa shape index (κ1) is 11.8. The topological polar surface area (TPSA) is 103 Å². The Balaban J connectivity index is 2.46. The number of rotatable bonds is 4. The predicted molar refractivity (Wildman–Crippen MR) is 59.9 cm³/mol. The van der Waals surface area contributed by atoms with Gasteiger partial charge >= 0.3 is 0 Å². The fourth-order valence-electron chi connectivity index (χ4n) is 0.957. The third-order valence-corrected chi connectivity index (χ3v) is 2.37. The molecule has 1 aromatic heterocycles. The highest BCUT2D eigenvalue weighted by Gasteiger charge is 2.08. The van der Waals surface area contributed by atoms with Crippen LogP contribution in [0.2, 0.25) is 0 Å². The average Bonchev–Trinajstić information content (AvgIpc) is 2.61. The summed E-state index contributed by atoms with van der Waals surface area (Å²) < 4.78 is 5.06. The van der Waals surface area contributed by atoms with Gasteiger partial charge in [0.15, 0.2) is 11.0 Å². The van der Waals surface area contributed by atoms with Crippen molar-refractivity contribution in [3.63, 3.8) is 0 Å². The molecule has 0 fully saturated rings. The Morgan fingerprint density at radius 2 is 2.33 bits per heavy atom. The molecule has 0 atom stereocenters. The highest BCUT2D eigenvalue weighted by molar-refractivity contribution is 8.13. The molecule has 0 saturated carbocycles. The lowest BCUT2D eigenvalue weighted by Gasteiger charge is -1.96. The first-order chi connectivity index (χ1) is 7.11. The monoisotopic (exact) mass is 229 g/mol. The van der Waals surface area contributed by atoms with Crippen molar-refractivity contribution in [2.24, 2.45) is 22.6 Å². The predicted octanol–water partition coefficient (Wildman–Crippen LogP) is 0.690. The number of aromatic nitrogens is 2. The Labute approximate surface area is 92.5 Å². The van der Waals surface area contributed by atoms with Gasteiger partial charge < -0.3 is 16.1 Å². The van der Waals surface area contributed by atoms with Gasteiger partial charge in [0, 0.05) is 6.42 Å². The average molecular weight is 229 g/mol. The van der Waals surface area contributed by atoms with Crippen LogP contribution < -0.4 is 11.6 Å². The highest BCUT2D eigenvalue weighted by Crippen LogP contribution is 2.11. The van der Waals surface area contributed by atoms with E-state index in [1.54, 1.807) is 0 Å². The van der Waals surface area contributed by atoms with Gasteiger partial charge in [-0.1, -0.05) is 30.8 Å². The molecule has 0 spiro atoms. The third-order valence-electron chi connectivity index (χ3n) is 1.57. The number of amidine groups is 1. The maximum atomic E-state index is 5.41. The van der Waals surface area contributed by atoms with Gasteiger partial charge in [0.1, 0.15) is 0 Å². The zero-order valence-corrected chi connectivity index (χ0v) is 9.62. The quantitative estimate of drug-likeness (QED) is 0.341. The summed E-state index contributed by atoms with van der Waals surface area (Å²) in [5, 5.41) is 7.46. The largest absolute Gasteiger partial charge is 0.377 e. The van der Waals surface area contributed by atoms with Crippen molar-refractivity contribution in [3.05, 3.63) is 11.7 Å². The molecule has 1 aromatic rings. The van der Waals surface area contributed by atoms with E-state index in [0.29, 0.717) is 28.6 Å². The molecule has 0 aliphatic carbocycles. The normalized spacial score (nSPS) is 12.3. The fraction of sp³-hybridized carbons (Fsp3) is 0.625. The molecular weight excluding hydrogens is 214 g/mol. The second-order valence-electron chi connectivity index (χ2n) is 3.46. The van der Waals surface area contributed by atoms with Crippen LogP contribution in [0.1, 0.15) is 25.6 Å². The number of hydrazone groups is 1. The Morgan fingerprint density at radius 1 is 1.60 bits per heavy atom. The molecule has 15 heavy (non-hydrogen) atoms. The molecule has 1 heterocycles. The van der Waals surface area contributed by atoms with E-state index in [9.17, 15) is 0 Å². The van der Waals surface area contributed by atoms with Crippen molar-refractivity contribution in [1.29, 1.82) is 0 Å². The number of hydrogen-bond acceptors (Lipinski definition) is 6. The first-order valence-corrected chi connectivity index (χ1v) is 5.58. The van der Waals surface area contributed by atoms with E-state index in [-0.39, 0.29) is 0 Å². The highest BCUT2D eigenvalue weighted by atomic mass is 32.2. The van der Waals surface area contributed by atoms with Crippen LogP contribution in [-0.4, -0.2) is 15.3 Å². The molecule has 0 aliphatic rings. The Bertz CT molecular complexity index is 336. The summed E-state index contributed by atoms with van der Waals surface area (Å²) in [7, 11) is 0. The number of nitrogens with zero attached hydrogens (tertiary/aromatic N) is 3. The van der Waals surface area contributed by atoms with Crippen LogP contribution in [0.25, 0.3) is 0 Å². The van der Waals surface area contributed by atoms with E-state index in [1.165, 1.54) is 11.8 Å². The Hall–Kier alpha value is -1.24. The van der Waals surface area contributed by atoms with Gasteiger partial charge in [-0.05, 0) is 5.92 Å². The minimum absolute atomic E-state index is 0.310. The third kappa shape index (κ3) is 4.20. The lowest BCUT2D eigenvalue weighted by atomic mass is 10.1. The van der Waals surface area contributed by atoms with Gasteiger partial charge in [-0.25, -0.2) is 0 Å². The summed E-state index contributed by atoms with van der Waals surface area (Å²) in [6.45, 7) is 4.19. The van der Waals surface area contributed by atoms with E-state index in [0.717, 1.165) is 6.42 Å². The molecule has 7 heteroatoms. The van der Waals surface area contributed by atoms with Crippen LogP contribution in [0.5, 0.6) is 0 Å². The fourth-order valence-corrected chi connectivity index (χ4v) is 1.43. The van der Waals surface area contributed by atoms with Crippen LogP contribution >= 0.6 is 11.8 Å². The minimum atomic E-state index is 0.310. The zero-order valence-electron chi connectivity index (χ0n) is 8.80. The van der Waals surface area contributed by atoms with E-state index in [4.69, 9.17) is 16.1 Å². The van der Waals surface area contributed by atoms with Crippen molar-refractivity contribution in [3.8, 4) is 0 Å². The van der Waals surface area contributed by atoms with Gasteiger partial charge in [-0.2, -0.15) is 10.1 Å². The molecule has 0 saturated heterocycles. The molecular formula is C8H15N5OS. The molecule has 0 amide bonds. The van der Waals surface area contributed by atoms with E-state index in [1.807, 2.05) is 0 Å². The first-order valence-electron chi connectivity index (χ1n) is 4.59. The second-order valence-corrected chi connectivity index (χ2v) is 4.45. The number of nitrogens with two attached hydrogens (primary N) is 2. The van der Waals surface area contributed by atoms with Gasteiger partial charge in [0.2, 0.25) is 5.89 Å². The zero-order chi connectivity index (χ0) is 11.3. The molecule has 0 bridgehead atoms. The summed E-state index contributed by atoms with van der Waals surface area (Å²) in [6, 6.07) is 0. The molecule has 4 N–H and O–H groups in total. The van der Waals surface area contributed by atoms with Crippen molar-refractivity contribution in [2.75, 3.05) is 0 Å². The van der Waals surface area contributed by atoms with Crippen molar-refractivity contribution < 1.29 is 4.52 Å². The Morgan fingerprint density at radius 3 is 2.93 bits per heavy atom. The van der Waals surface area contributed by atoms with E-state index >= 15 is 0 Å². The van der Waals surface area contributed by atoms with Gasteiger partial charge in [-0.15, -0.1) is 0 Å². The standard InChI is InChI=1S/C8H15N5OS/c1-5(2)3-7-11-6(13-14-7)4-15-8(9)12-10/h5H,3-4,10H2,1-2H3,(H2,9,12). The van der Waals surface area contributed by atoms with E-state index in [2.05, 4.69) is 29.1 Å². The number of hydrogen-bond donors (Lipinski definition) is 2. The molecule has 0 aliphatic heterocycles. The smallest absolute Gasteiger partial charge is 0.226 e. The van der Waals surface area contributed by atoms with Crippen LogP contribution in [0, 0.1) is 5.92 Å². The summed E-state index contributed by atoms with van der Waals surface area (Å²) in [6.07, 6.45) is 0.790. The van der Waals surface area contributed by atoms with Crippen molar-refractivity contribution in [2.45, 2.75) is 26.0 Å². The van der Waals surface area contributed by atoms with Crippen LogP contribution in [0.15, 0.2) is 9.62 Å². The molecule has 0 radical (unpaired) electrons. The maximum Gasteiger partial charge on any atom is 0.226 e. The van der Waals surface area contributed by atoms with Crippen molar-refractivity contribution in [1.82, 2.24) is 10.1 Å². The van der Waals surface area contributed by atoms with Crippen LogP contribution in [-0.2, 0) is 12.2 Å². The summed E-state index contributed by atoms with van der Waals surface area (Å²) in [4.78, 5) is 4.21. The molecule has 1 rings (SSSR count). The summed E-state index contributed by atoms with van der Waals surface area (Å²) >= 11 is 1.28. The lowest BCUT2D eigenvalue weighted by molar-refractivity contribution is 0.360. The van der Waals surface area contributed by atoms with E-state index < -0.39 is 0 Å². The lowest BCUT2D eigenvalue weighted by Crippen LogP contribution is -2.09. The minimum Gasteiger partial charge on any atom is -0.377 e. The van der Waals surface area contributed by atoms with Gasteiger partial charge in [0.25, 0.3) is 0 Å². The van der Waals surface area contributed by atoms with Crippen LogP contribution in [0.3, 0.4) is 0 Å². The summed E-state index contributed by atoms with van der Waals surface area (Å²) in [5.74, 6) is 7.28. The molecule has 0 unspecified atom stereocenters. The summed E-state index contributed by atoms with van der Waals surface area (Å²) in [5.41, 5.74) is 5.41. The van der Waals surface area contributed by atoms with Crippen molar-refractivity contribution >= 4 is 16.9 Å². The maximum absolute atomic E-state index is 5.41. The molecule has 0 aromatic carbocycles. The van der Waals surface area contributed by atoms with Crippen LogP contribution in [0.4, 0.5) is 0 Å².